The summed E-state index contributed by atoms with van der Waals surface area (Å²) in [6.45, 7) is 2.56. The molecule has 1 aliphatic rings. The number of carbonyl (C=O) groups excluding carboxylic acids is 1. The Morgan fingerprint density at radius 2 is 2.00 bits per heavy atom. The van der Waals surface area contributed by atoms with Crippen LogP contribution in [0.1, 0.15) is 41.6 Å². The van der Waals surface area contributed by atoms with Gasteiger partial charge >= 0.3 is 0 Å². The van der Waals surface area contributed by atoms with E-state index in [2.05, 4.69) is 20.6 Å². The Labute approximate surface area is 176 Å². The molecule has 9 nitrogen and oxygen atoms in total. The molecule has 0 bridgehead atoms. The number of rotatable bonds is 7. The molecule has 3 rings (SSSR count). The van der Waals surface area contributed by atoms with Gasteiger partial charge < -0.3 is 15.5 Å². The summed E-state index contributed by atoms with van der Waals surface area (Å²) in [6.07, 6.45) is 5.76. The predicted octanol–water partition coefficient (Wildman–Crippen LogP) is 3.16. The lowest BCUT2D eigenvalue weighted by molar-refractivity contribution is -0.384. The first-order valence-corrected chi connectivity index (χ1v) is 10.1. The van der Waals surface area contributed by atoms with E-state index in [1.807, 2.05) is 32.1 Å². The van der Waals surface area contributed by atoms with Crippen LogP contribution in [0, 0.1) is 23.0 Å². The van der Waals surface area contributed by atoms with Gasteiger partial charge in [-0.05, 0) is 44.6 Å². The molecule has 1 aromatic heterocycles. The first-order valence-electron chi connectivity index (χ1n) is 10.1. The van der Waals surface area contributed by atoms with Crippen LogP contribution in [0.15, 0.2) is 30.5 Å². The molecule has 160 valence electrons. The molecule has 0 radical (unpaired) electrons. The number of nitro groups is 1. The Hall–Kier alpha value is -3.23. The molecular weight excluding hydrogens is 384 g/mol. The number of nitro benzene ring substituents is 1. The van der Waals surface area contributed by atoms with Gasteiger partial charge in [-0.25, -0.2) is 4.98 Å². The summed E-state index contributed by atoms with van der Waals surface area (Å²) in [5.74, 6) is 1.67. The van der Waals surface area contributed by atoms with Crippen molar-refractivity contribution in [2.75, 3.05) is 30.9 Å². The van der Waals surface area contributed by atoms with E-state index < -0.39 is 4.92 Å². The molecule has 0 saturated heterocycles. The zero-order valence-electron chi connectivity index (χ0n) is 17.6. The van der Waals surface area contributed by atoms with Gasteiger partial charge in [0.15, 0.2) is 0 Å². The van der Waals surface area contributed by atoms with Crippen LogP contribution in [0.4, 0.5) is 17.5 Å². The van der Waals surface area contributed by atoms with Gasteiger partial charge in [0.1, 0.15) is 5.82 Å². The number of anilines is 2. The third kappa shape index (κ3) is 5.43. The van der Waals surface area contributed by atoms with E-state index in [0.717, 1.165) is 37.1 Å². The van der Waals surface area contributed by atoms with Gasteiger partial charge in [-0.3, -0.25) is 14.9 Å². The Kier molecular flexibility index (Phi) is 6.81. The molecule has 1 aliphatic carbocycles. The first-order chi connectivity index (χ1) is 14.3. The molecule has 30 heavy (non-hydrogen) atoms. The van der Waals surface area contributed by atoms with E-state index in [0.29, 0.717) is 30.0 Å². The summed E-state index contributed by atoms with van der Waals surface area (Å²) >= 11 is 0. The molecule has 2 N–H and O–H groups in total. The predicted molar refractivity (Wildman–Crippen MR) is 116 cm³/mol. The summed E-state index contributed by atoms with van der Waals surface area (Å²) in [5, 5.41) is 17.2. The Balaban J connectivity index is 1.47. The summed E-state index contributed by atoms with van der Waals surface area (Å²) in [6, 6.07) is 6.11. The number of amides is 1. The van der Waals surface area contributed by atoms with Crippen LogP contribution in [0.3, 0.4) is 0 Å². The molecule has 1 fully saturated rings. The van der Waals surface area contributed by atoms with Crippen LogP contribution >= 0.6 is 0 Å². The zero-order chi connectivity index (χ0) is 21.7. The fourth-order valence-electron chi connectivity index (χ4n) is 3.75. The van der Waals surface area contributed by atoms with Crippen molar-refractivity contribution in [1.29, 1.82) is 0 Å². The van der Waals surface area contributed by atoms with Crippen molar-refractivity contribution in [3.63, 3.8) is 0 Å². The van der Waals surface area contributed by atoms with E-state index >= 15 is 0 Å². The highest BCUT2D eigenvalue weighted by Crippen LogP contribution is 2.26. The van der Waals surface area contributed by atoms with Gasteiger partial charge in [0.25, 0.3) is 11.6 Å². The zero-order valence-corrected chi connectivity index (χ0v) is 17.6. The van der Waals surface area contributed by atoms with Gasteiger partial charge in [0, 0.05) is 56.1 Å². The fraction of sp³-hybridized carbons (Fsp3) is 0.476. The van der Waals surface area contributed by atoms with E-state index in [-0.39, 0.29) is 11.6 Å². The second kappa shape index (κ2) is 9.51. The van der Waals surface area contributed by atoms with Crippen molar-refractivity contribution in [1.82, 2.24) is 15.3 Å². The second-order valence-corrected chi connectivity index (χ2v) is 7.97. The minimum Gasteiger partial charge on any atom is -0.362 e. The highest BCUT2D eigenvalue weighted by Gasteiger charge is 2.23. The van der Waals surface area contributed by atoms with Crippen LogP contribution in [-0.2, 0) is 0 Å². The van der Waals surface area contributed by atoms with E-state index in [9.17, 15) is 14.9 Å². The second-order valence-electron chi connectivity index (χ2n) is 7.97. The van der Waals surface area contributed by atoms with Crippen molar-refractivity contribution < 1.29 is 9.72 Å². The summed E-state index contributed by atoms with van der Waals surface area (Å²) in [7, 11) is 3.93. The van der Waals surface area contributed by atoms with Crippen LogP contribution in [0.2, 0.25) is 0 Å². The maximum Gasteiger partial charge on any atom is 0.270 e. The van der Waals surface area contributed by atoms with Crippen molar-refractivity contribution in [3.8, 4) is 0 Å². The standard InChI is InChI=1S/C21H28N6O3/c1-14-12-23-21(25-19(14)26(2)3)24-17-9-7-15(8-10-17)13-22-20(28)16-5-4-6-18(11-16)27(29)30/h4-6,11-12,15,17H,7-10,13H2,1-3H3,(H,22,28)(H,23,24,25)/t15-,17+. The SMILES string of the molecule is Cc1cnc(N[C@H]2CC[C@@H](CNC(=O)c3cccc([N+](=O)[O-])c3)CC2)nc1N(C)C. The fourth-order valence-corrected chi connectivity index (χ4v) is 3.75. The third-order valence-corrected chi connectivity index (χ3v) is 5.42. The lowest BCUT2D eigenvalue weighted by Crippen LogP contribution is -2.34. The minimum absolute atomic E-state index is 0.0787. The smallest absolute Gasteiger partial charge is 0.270 e. The number of aryl methyl sites for hydroxylation is 1. The highest BCUT2D eigenvalue weighted by atomic mass is 16.6. The average molecular weight is 412 g/mol. The van der Waals surface area contributed by atoms with Crippen LogP contribution in [0.25, 0.3) is 0 Å². The molecule has 0 spiro atoms. The molecule has 0 unspecified atom stereocenters. The van der Waals surface area contributed by atoms with Crippen LogP contribution in [0.5, 0.6) is 0 Å². The van der Waals surface area contributed by atoms with Crippen LogP contribution in [-0.4, -0.2) is 47.5 Å². The lowest BCUT2D eigenvalue weighted by Gasteiger charge is -2.29. The van der Waals surface area contributed by atoms with Gasteiger partial charge in [0.2, 0.25) is 5.95 Å². The number of benzene rings is 1. The number of nitrogens with zero attached hydrogens (tertiary/aromatic N) is 4. The topological polar surface area (TPSA) is 113 Å². The van der Waals surface area contributed by atoms with E-state index in [1.54, 1.807) is 6.07 Å². The maximum atomic E-state index is 12.3. The van der Waals surface area contributed by atoms with Gasteiger partial charge in [-0.15, -0.1) is 0 Å². The highest BCUT2D eigenvalue weighted by molar-refractivity contribution is 5.94. The minimum atomic E-state index is -0.496. The van der Waals surface area contributed by atoms with Crippen molar-refractivity contribution in [2.45, 2.75) is 38.6 Å². The molecule has 0 aliphatic heterocycles. The average Bonchev–Trinajstić information content (AvgIpc) is 2.74. The number of nitrogens with one attached hydrogen (secondary N) is 2. The third-order valence-electron chi connectivity index (χ3n) is 5.42. The Morgan fingerprint density at radius 3 is 2.67 bits per heavy atom. The quantitative estimate of drug-likeness (QED) is 0.530. The van der Waals surface area contributed by atoms with Gasteiger partial charge in [-0.1, -0.05) is 6.07 Å². The van der Waals surface area contributed by atoms with E-state index in [1.165, 1.54) is 18.2 Å². The molecular formula is C21H28N6O3. The van der Waals surface area contributed by atoms with Crippen molar-refractivity contribution in [2.24, 2.45) is 5.92 Å². The van der Waals surface area contributed by atoms with E-state index in [4.69, 9.17) is 0 Å². The Morgan fingerprint density at radius 1 is 1.27 bits per heavy atom. The van der Waals surface area contributed by atoms with Crippen molar-refractivity contribution >= 4 is 23.4 Å². The molecule has 1 saturated carbocycles. The normalized spacial score (nSPS) is 18.5. The van der Waals surface area contributed by atoms with Crippen molar-refractivity contribution in [3.05, 3.63) is 51.7 Å². The molecule has 1 amide bonds. The first kappa shape index (κ1) is 21.5. The number of carbonyl (C=O) groups is 1. The summed E-state index contributed by atoms with van der Waals surface area (Å²) in [5.41, 5.74) is 1.27. The summed E-state index contributed by atoms with van der Waals surface area (Å²) < 4.78 is 0. The maximum absolute atomic E-state index is 12.3. The van der Waals surface area contributed by atoms with Gasteiger partial charge in [-0.2, -0.15) is 4.98 Å². The largest absolute Gasteiger partial charge is 0.362 e. The van der Waals surface area contributed by atoms with Crippen LogP contribution < -0.4 is 15.5 Å². The molecule has 1 heterocycles. The number of aromatic nitrogens is 2. The number of non-ortho nitro benzene ring substituents is 1. The molecule has 2 aromatic rings. The van der Waals surface area contributed by atoms with Gasteiger partial charge in [0.05, 0.1) is 4.92 Å². The molecule has 1 aromatic carbocycles. The monoisotopic (exact) mass is 412 g/mol. The number of hydrogen-bond donors (Lipinski definition) is 2. The Bertz CT molecular complexity index is 909. The number of hydrogen-bond acceptors (Lipinski definition) is 7. The molecule has 9 heteroatoms. The lowest BCUT2D eigenvalue weighted by atomic mass is 9.86. The summed E-state index contributed by atoms with van der Waals surface area (Å²) in [4.78, 5) is 33.7. The molecule has 0 atom stereocenters.